The first-order valence-corrected chi connectivity index (χ1v) is 7.95. The van der Waals surface area contributed by atoms with Gasteiger partial charge in [-0.15, -0.1) is 0 Å². The highest BCUT2D eigenvalue weighted by molar-refractivity contribution is 5.80. The summed E-state index contributed by atoms with van der Waals surface area (Å²) in [6.07, 6.45) is 5.94. The lowest BCUT2D eigenvalue weighted by molar-refractivity contribution is 0.614. The summed E-state index contributed by atoms with van der Waals surface area (Å²) >= 11 is 0. The van der Waals surface area contributed by atoms with Crippen molar-refractivity contribution >= 4 is 5.96 Å². The van der Waals surface area contributed by atoms with E-state index in [9.17, 15) is 4.39 Å². The van der Waals surface area contributed by atoms with Crippen molar-refractivity contribution in [3.8, 4) is 5.69 Å². The van der Waals surface area contributed by atoms with Gasteiger partial charge in [-0.25, -0.2) is 14.4 Å². The molecule has 1 unspecified atom stereocenters. The van der Waals surface area contributed by atoms with Crippen LogP contribution in [0.2, 0.25) is 0 Å². The Balaban J connectivity index is 2.09. The minimum Gasteiger partial charge on any atom is -0.357 e. The Morgan fingerprint density at radius 2 is 2.22 bits per heavy atom. The topological polar surface area (TPSA) is 54.2 Å². The van der Waals surface area contributed by atoms with Crippen LogP contribution < -0.4 is 10.6 Å². The molecule has 0 aliphatic heterocycles. The monoisotopic (exact) mass is 317 g/mol. The molecule has 0 radical (unpaired) electrons. The molecule has 2 N–H and O–H groups in total. The van der Waals surface area contributed by atoms with Gasteiger partial charge in [0.2, 0.25) is 0 Å². The maximum Gasteiger partial charge on any atom is 0.191 e. The van der Waals surface area contributed by atoms with Gasteiger partial charge in [0.05, 0.1) is 18.6 Å². The zero-order valence-electron chi connectivity index (χ0n) is 13.9. The van der Waals surface area contributed by atoms with Crippen LogP contribution in [0.5, 0.6) is 0 Å². The average Bonchev–Trinajstić information content (AvgIpc) is 3.07. The molecule has 0 spiro atoms. The Morgan fingerprint density at radius 3 is 2.83 bits per heavy atom. The summed E-state index contributed by atoms with van der Waals surface area (Å²) in [6, 6.07) is 5.49. The molecule has 1 aromatic heterocycles. The number of aromatic nitrogens is 2. The van der Waals surface area contributed by atoms with Crippen molar-refractivity contribution in [1.29, 1.82) is 0 Å². The number of guanidine groups is 1. The fourth-order valence-corrected chi connectivity index (χ4v) is 2.09. The first kappa shape index (κ1) is 17.0. The molecule has 1 heterocycles. The third kappa shape index (κ3) is 4.81. The smallest absolute Gasteiger partial charge is 0.191 e. The summed E-state index contributed by atoms with van der Waals surface area (Å²) in [5.74, 6) is 0.469. The van der Waals surface area contributed by atoms with Crippen molar-refractivity contribution in [2.45, 2.75) is 39.8 Å². The summed E-state index contributed by atoms with van der Waals surface area (Å²) < 4.78 is 15.9. The molecule has 1 aromatic carbocycles. The molecule has 0 aliphatic rings. The van der Waals surface area contributed by atoms with Crippen LogP contribution in [0.3, 0.4) is 0 Å². The second-order valence-electron chi connectivity index (χ2n) is 5.40. The first-order chi connectivity index (χ1) is 11.1. The third-order valence-corrected chi connectivity index (χ3v) is 3.55. The second-order valence-corrected chi connectivity index (χ2v) is 5.40. The van der Waals surface area contributed by atoms with Crippen LogP contribution in [-0.4, -0.2) is 28.1 Å². The molecule has 0 saturated carbocycles. The molecule has 0 fully saturated rings. The number of nitrogens with one attached hydrogen (secondary N) is 2. The van der Waals surface area contributed by atoms with E-state index in [1.807, 2.05) is 13.0 Å². The predicted molar refractivity (Wildman–Crippen MR) is 91.2 cm³/mol. The molecule has 0 saturated heterocycles. The number of benzene rings is 1. The van der Waals surface area contributed by atoms with Crippen molar-refractivity contribution in [3.05, 3.63) is 48.3 Å². The Labute approximate surface area is 136 Å². The van der Waals surface area contributed by atoms with Gasteiger partial charge in [-0.05, 0) is 38.0 Å². The molecular formula is C17H24FN5. The minimum atomic E-state index is -0.282. The van der Waals surface area contributed by atoms with Gasteiger partial charge >= 0.3 is 0 Å². The van der Waals surface area contributed by atoms with Crippen LogP contribution in [0.4, 0.5) is 4.39 Å². The van der Waals surface area contributed by atoms with Crippen molar-refractivity contribution in [2.75, 3.05) is 6.54 Å². The molecular weight excluding hydrogens is 293 g/mol. The van der Waals surface area contributed by atoms with Crippen molar-refractivity contribution in [1.82, 2.24) is 20.2 Å². The molecule has 0 bridgehead atoms. The van der Waals surface area contributed by atoms with E-state index < -0.39 is 0 Å². The molecule has 6 heteroatoms. The largest absolute Gasteiger partial charge is 0.357 e. The van der Waals surface area contributed by atoms with Gasteiger partial charge in [-0.3, -0.25) is 0 Å². The highest BCUT2D eigenvalue weighted by atomic mass is 19.1. The van der Waals surface area contributed by atoms with E-state index in [1.165, 1.54) is 6.07 Å². The lowest BCUT2D eigenvalue weighted by Gasteiger charge is -2.16. The number of hydrogen-bond acceptors (Lipinski definition) is 2. The van der Waals surface area contributed by atoms with Crippen molar-refractivity contribution < 1.29 is 4.39 Å². The van der Waals surface area contributed by atoms with Crippen LogP contribution >= 0.6 is 0 Å². The van der Waals surface area contributed by atoms with Gasteiger partial charge < -0.3 is 15.2 Å². The van der Waals surface area contributed by atoms with Gasteiger partial charge in [-0.2, -0.15) is 0 Å². The summed E-state index contributed by atoms with van der Waals surface area (Å²) in [7, 11) is 0. The normalized spacial score (nSPS) is 13.0. The van der Waals surface area contributed by atoms with E-state index in [2.05, 4.69) is 34.5 Å². The van der Waals surface area contributed by atoms with Crippen LogP contribution in [0.25, 0.3) is 5.69 Å². The van der Waals surface area contributed by atoms with Gasteiger partial charge in [0.25, 0.3) is 0 Å². The number of nitrogens with zero attached hydrogens (tertiary/aromatic N) is 3. The fourth-order valence-electron chi connectivity index (χ4n) is 2.09. The zero-order valence-corrected chi connectivity index (χ0v) is 13.9. The second kappa shape index (κ2) is 8.31. The number of imidazole rings is 1. The van der Waals surface area contributed by atoms with E-state index in [4.69, 9.17) is 0 Å². The SMILES string of the molecule is CCNC(=NCc1ccc(-n2ccnc2)c(F)c1)NC(C)CC. The molecule has 1 atom stereocenters. The Bertz CT molecular complexity index is 636. The molecule has 0 aliphatic carbocycles. The molecule has 2 aromatic rings. The molecule has 0 amide bonds. The number of rotatable bonds is 6. The zero-order chi connectivity index (χ0) is 16.7. The average molecular weight is 317 g/mol. The van der Waals surface area contributed by atoms with Gasteiger partial charge in [0.1, 0.15) is 5.82 Å². The highest BCUT2D eigenvalue weighted by Crippen LogP contribution is 2.15. The lowest BCUT2D eigenvalue weighted by Crippen LogP contribution is -2.41. The molecule has 2 rings (SSSR count). The van der Waals surface area contributed by atoms with Crippen molar-refractivity contribution in [2.24, 2.45) is 4.99 Å². The third-order valence-electron chi connectivity index (χ3n) is 3.55. The van der Waals surface area contributed by atoms with Crippen LogP contribution in [0.1, 0.15) is 32.8 Å². The lowest BCUT2D eigenvalue weighted by atomic mass is 10.2. The quantitative estimate of drug-likeness (QED) is 0.636. The molecule has 124 valence electrons. The van der Waals surface area contributed by atoms with E-state index in [-0.39, 0.29) is 5.82 Å². The van der Waals surface area contributed by atoms with Gasteiger partial charge in [0, 0.05) is 25.0 Å². The highest BCUT2D eigenvalue weighted by Gasteiger charge is 2.06. The number of halogens is 1. The van der Waals surface area contributed by atoms with E-state index in [0.717, 1.165) is 24.5 Å². The van der Waals surface area contributed by atoms with Crippen LogP contribution in [0.15, 0.2) is 41.9 Å². The van der Waals surface area contributed by atoms with Crippen LogP contribution in [-0.2, 0) is 6.54 Å². The van der Waals surface area contributed by atoms with E-state index in [1.54, 1.807) is 29.4 Å². The fraction of sp³-hybridized carbons (Fsp3) is 0.412. The predicted octanol–water partition coefficient (Wildman–Crippen LogP) is 2.87. The van der Waals surface area contributed by atoms with Gasteiger partial charge in [-0.1, -0.05) is 13.0 Å². The first-order valence-electron chi connectivity index (χ1n) is 7.95. The molecule has 5 nitrogen and oxygen atoms in total. The summed E-state index contributed by atoms with van der Waals surface area (Å²) in [5.41, 5.74) is 1.31. The summed E-state index contributed by atoms with van der Waals surface area (Å²) in [6.45, 7) is 7.45. The Kier molecular flexibility index (Phi) is 6.14. The maximum absolute atomic E-state index is 14.2. The molecule has 23 heavy (non-hydrogen) atoms. The van der Waals surface area contributed by atoms with Crippen molar-refractivity contribution in [3.63, 3.8) is 0 Å². The van der Waals surface area contributed by atoms with E-state index >= 15 is 0 Å². The maximum atomic E-state index is 14.2. The van der Waals surface area contributed by atoms with Gasteiger partial charge in [0.15, 0.2) is 5.96 Å². The standard InChI is InChI=1S/C17H24FN5/c1-4-13(3)22-17(20-5-2)21-11-14-6-7-16(15(18)10-14)23-9-8-19-12-23/h6-10,12-13H,4-5,11H2,1-3H3,(H2,20,21,22). The Hall–Kier alpha value is -2.37. The summed E-state index contributed by atoms with van der Waals surface area (Å²) in [5, 5.41) is 6.52. The van der Waals surface area contributed by atoms with Crippen LogP contribution in [0, 0.1) is 5.82 Å². The number of aliphatic imine (C=N–C) groups is 1. The minimum absolute atomic E-state index is 0.282. The summed E-state index contributed by atoms with van der Waals surface area (Å²) in [4.78, 5) is 8.45. The number of hydrogen-bond donors (Lipinski definition) is 2. The Morgan fingerprint density at radius 1 is 1.39 bits per heavy atom. The van der Waals surface area contributed by atoms with E-state index in [0.29, 0.717) is 18.3 Å².